The molecule has 2 aliphatic heterocycles. The molecule has 2 N–H and O–H groups in total. The molecule has 0 aliphatic carbocycles. The van der Waals surface area contributed by atoms with E-state index >= 15 is 0 Å². The number of hydrogen-bond donors (Lipinski definition) is 1. The fraction of sp³-hybridized carbons (Fsp3) is 0.500. The first kappa shape index (κ1) is 20.0. The lowest BCUT2D eigenvalue weighted by Gasteiger charge is -2.31. The van der Waals surface area contributed by atoms with Crippen LogP contribution in [0.15, 0.2) is 12.1 Å². The van der Waals surface area contributed by atoms with Crippen molar-refractivity contribution in [3.63, 3.8) is 0 Å². The Morgan fingerprint density at radius 1 is 1.19 bits per heavy atom. The van der Waals surface area contributed by atoms with Gasteiger partial charge in [0.25, 0.3) is 0 Å². The summed E-state index contributed by atoms with van der Waals surface area (Å²) < 4.78 is 75.0. The van der Waals surface area contributed by atoms with Crippen LogP contribution in [0.3, 0.4) is 0 Å². The Morgan fingerprint density at radius 2 is 2.00 bits per heavy atom. The van der Waals surface area contributed by atoms with Crippen LogP contribution in [0.1, 0.15) is 31.0 Å². The highest BCUT2D eigenvalue weighted by molar-refractivity contribution is 5.97. The lowest BCUT2D eigenvalue weighted by molar-refractivity contribution is -0.286. The third-order valence-corrected chi connectivity index (χ3v) is 5.43. The van der Waals surface area contributed by atoms with Crippen LogP contribution in [0.4, 0.5) is 27.9 Å². The van der Waals surface area contributed by atoms with Crippen molar-refractivity contribution in [2.24, 2.45) is 0 Å². The van der Waals surface area contributed by atoms with Gasteiger partial charge in [-0.3, -0.25) is 0 Å². The molecule has 166 valence electrons. The Labute approximate surface area is 171 Å². The van der Waals surface area contributed by atoms with E-state index in [2.05, 4.69) is 24.5 Å². The number of alkyl halides is 5. The maximum Gasteiger partial charge on any atom is 0.586 e. The Hall–Kier alpha value is -2.96. The van der Waals surface area contributed by atoms with Crippen molar-refractivity contribution in [1.29, 1.82) is 0 Å². The first-order chi connectivity index (χ1) is 14.6. The summed E-state index contributed by atoms with van der Waals surface area (Å²) in [6, 6.07) is 2.83. The predicted octanol–water partition coefficient (Wildman–Crippen LogP) is 3.31. The quantitative estimate of drug-likeness (QED) is 0.620. The van der Waals surface area contributed by atoms with Crippen LogP contribution >= 0.6 is 0 Å². The highest BCUT2D eigenvalue weighted by Gasteiger charge is 2.45. The lowest BCUT2D eigenvalue weighted by Crippen LogP contribution is -2.37. The zero-order chi connectivity index (χ0) is 22.0. The maximum absolute atomic E-state index is 13.5. The van der Waals surface area contributed by atoms with Gasteiger partial charge in [-0.05, 0) is 31.5 Å². The SMILES string of the molecule is Nc1nc2c3c(ccc2c2nc([C@@H]4CCCN(CCC(F)(F)F)C4)nn12)OC(F)(F)O3. The molecule has 13 heteroatoms. The molecule has 0 spiro atoms. The Bertz CT molecular complexity index is 1160. The van der Waals surface area contributed by atoms with E-state index < -0.39 is 18.9 Å². The normalized spacial score (nSPS) is 21.3. The average Bonchev–Trinajstić information content (AvgIpc) is 3.27. The predicted molar refractivity (Wildman–Crippen MR) is 98.0 cm³/mol. The number of ether oxygens (including phenoxy) is 2. The zero-order valence-corrected chi connectivity index (χ0v) is 16.0. The Balaban J connectivity index is 1.49. The second-order valence-electron chi connectivity index (χ2n) is 7.64. The molecule has 4 heterocycles. The van der Waals surface area contributed by atoms with Gasteiger partial charge in [-0.1, -0.05) is 0 Å². The Morgan fingerprint density at radius 3 is 2.77 bits per heavy atom. The summed E-state index contributed by atoms with van der Waals surface area (Å²) in [6.07, 6.45) is -7.47. The van der Waals surface area contributed by atoms with Crippen molar-refractivity contribution >= 4 is 22.5 Å². The van der Waals surface area contributed by atoms with Gasteiger partial charge in [-0.25, -0.2) is 9.97 Å². The standard InChI is InChI=1S/C18H17F5N6O2/c19-17(20,21)5-7-28-6-1-2-9(8-28)14-26-15-10-3-4-11-13(31-18(22,23)30-11)12(10)25-16(24)29(15)27-14/h3-4,9H,1-2,5-8H2,(H2,24,25)/t9-/m1/s1. The third kappa shape index (κ3) is 3.66. The topological polar surface area (TPSA) is 90.8 Å². The smallest absolute Gasteiger partial charge is 0.395 e. The number of nitrogens with two attached hydrogens (primary N) is 1. The minimum Gasteiger partial charge on any atom is -0.395 e. The first-order valence-corrected chi connectivity index (χ1v) is 9.63. The van der Waals surface area contributed by atoms with Crippen molar-refractivity contribution in [2.75, 3.05) is 25.4 Å². The van der Waals surface area contributed by atoms with Crippen molar-refractivity contribution < 1.29 is 31.4 Å². The molecule has 0 amide bonds. The van der Waals surface area contributed by atoms with E-state index in [9.17, 15) is 22.0 Å². The van der Waals surface area contributed by atoms with Gasteiger partial charge in [0.1, 0.15) is 5.52 Å². The van der Waals surface area contributed by atoms with Gasteiger partial charge in [0.2, 0.25) is 5.95 Å². The molecule has 0 saturated carbocycles. The van der Waals surface area contributed by atoms with Gasteiger partial charge in [-0.2, -0.15) is 17.7 Å². The number of rotatable bonds is 3. The maximum atomic E-state index is 13.5. The van der Waals surface area contributed by atoms with Gasteiger partial charge >= 0.3 is 12.5 Å². The van der Waals surface area contributed by atoms with Crippen molar-refractivity contribution in [1.82, 2.24) is 24.5 Å². The molecule has 0 radical (unpaired) electrons. The molecule has 3 aromatic rings. The molecule has 2 aliphatic rings. The average molecular weight is 444 g/mol. The van der Waals surface area contributed by atoms with Crippen LogP contribution in [0.2, 0.25) is 0 Å². The van der Waals surface area contributed by atoms with E-state index in [-0.39, 0.29) is 35.4 Å². The summed E-state index contributed by atoms with van der Waals surface area (Å²) in [4.78, 5) is 10.4. The zero-order valence-electron chi connectivity index (χ0n) is 16.0. The van der Waals surface area contributed by atoms with Crippen LogP contribution in [0, 0.1) is 0 Å². The summed E-state index contributed by atoms with van der Waals surface area (Å²) in [5, 5.41) is 4.79. The molecule has 2 aromatic heterocycles. The van der Waals surface area contributed by atoms with Crippen molar-refractivity contribution in [3.8, 4) is 11.5 Å². The molecule has 8 nitrogen and oxygen atoms in total. The van der Waals surface area contributed by atoms with Gasteiger partial charge in [0, 0.05) is 24.4 Å². The summed E-state index contributed by atoms with van der Waals surface area (Å²) >= 11 is 0. The van der Waals surface area contributed by atoms with Crippen LogP contribution < -0.4 is 15.2 Å². The molecule has 5 rings (SSSR count). The molecule has 1 fully saturated rings. The minimum absolute atomic E-state index is 0.0640. The van der Waals surface area contributed by atoms with E-state index in [0.717, 1.165) is 0 Å². The highest BCUT2D eigenvalue weighted by Crippen LogP contribution is 2.45. The van der Waals surface area contributed by atoms with Gasteiger partial charge in [0.05, 0.1) is 6.42 Å². The summed E-state index contributed by atoms with van der Waals surface area (Å²) in [7, 11) is 0. The van der Waals surface area contributed by atoms with E-state index in [0.29, 0.717) is 42.8 Å². The van der Waals surface area contributed by atoms with Crippen molar-refractivity contribution in [3.05, 3.63) is 18.0 Å². The molecule has 0 bridgehead atoms. The largest absolute Gasteiger partial charge is 0.586 e. The number of benzene rings is 1. The van der Waals surface area contributed by atoms with Crippen molar-refractivity contribution in [2.45, 2.75) is 37.7 Å². The fourth-order valence-electron chi connectivity index (χ4n) is 4.04. The number of halogens is 5. The molecule has 0 unspecified atom stereocenters. The van der Waals surface area contributed by atoms with E-state index in [1.54, 1.807) is 4.90 Å². The van der Waals surface area contributed by atoms with Crippen LogP contribution in [0.5, 0.6) is 11.5 Å². The minimum atomic E-state index is -4.21. The summed E-state index contributed by atoms with van der Waals surface area (Å²) in [6.45, 7) is 0.874. The first-order valence-electron chi connectivity index (χ1n) is 9.63. The van der Waals surface area contributed by atoms with E-state index in [1.807, 2.05) is 0 Å². The molecule has 31 heavy (non-hydrogen) atoms. The van der Waals surface area contributed by atoms with E-state index in [4.69, 9.17) is 5.73 Å². The summed E-state index contributed by atoms with van der Waals surface area (Å²) in [5.74, 6) is -0.257. The van der Waals surface area contributed by atoms with Crippen LogP contribution in [0.25, 0.3) is 16.6 Å². The van der Waals surface area contributed by atoms with Crippen LogP contribution in [-0.4, -0.2) is 56.6 Å². The second-order valence-corrected chi connectivity index (χ2v) is 7.64. The fourth-order valence-corrected chi connectivity index (χ4v) is 4.04. The Kier molecular flexibility index (Phi) is 4.36. The van der Waals surface area contributed by atoms with E-state index in [1.165, 1.54) is 16.6 Å². The van der Waals surface area contributed by atoms with Gasteiger partial charge < -0.3 is 20.1 Å². The number of nitrogens with zero attached hydrogens (tertiary/aromatic N) is 5. The lowest BCUT2D eigenvalue weighted by atomic mass is 9.97. The highest BCUT2D eigenvalue weighted by atomic mass is 19.4. The number of anilines is 1. The number of fused-ring (bicyclic) bond motifs is 5. The monoisotopic (exact) mass is 444 g/mol. The molecule has 1 saturated heterocycles. The number of piperidine rings is 1. The summed E-state index contributed by atoms with van der Waals surface area (Å²) in [5.41, 5.74) is 6.34. The van der Waals surface area contributed by atoms with Gasteiger partial charge in [0.15, 0.2) is 23.0 Å². The number of hydrogen-bond acceptors (Lipinski definition) is 7. The number of likely N-dealkylation sites (tertiary alicyclic amines) is 1. The molecular formula is C18H17F5N6O2. The number of nitrogen functional groups attached to an aromatic ring is 1. The van der Waals surface area contributed by atoms with Crippen LogP contribution in [-0.2, 0) is 0 Å². The third-order valence-electron chi connectivity index (χ3n) is 5.43. The molecule has 1 aromatic carbocycles. The van der Waals surface area contributed by atoms with Gasteiger partial charge in [-0.15, -0.1) is 13.9 Å². The second kappa shape index (κ2) is 6.77. The number of aromatic nitrogens is 4. The molecular weight excluding hydrogens is 427 g/mol. The molecule has 1 atom stereocenters.